The second-order valence-corrected chi connectivity index (χ2v) is 14.5. The molecule has 0 bridgehead atoms. The molecular weight excluding hydrogens is 497 g/mol. The Morgan fingerprint density at radius 1 is 0.364 bits per heavy atom. The fraction of sp³-hybridized carbons (Fsp3) is 0.286. The van der Waals surface area contributed by atoms with Crippen LogP contribution in [-0.4, -0.2) is 0 Å². The van der Waals surface area contributed by atoms with Gasteiger partial charge in [0.1, 0.15) is 0 Å². The van der Waals surface area contributed by atoms with Crippen LogP contribution in [0.5, 0.6) is 0 Å². The molecule has 5 aromatic heterocycles. The van der Waals surface area contributed by atoms with Crippen LogP contribution in [0.2, 0.25) is 0 Å². The third-order valence-electron chi connectivity index (χ3n) is 6.78. The number of hydrogen-bond acceptors (Lipinski definition) is 5. The Morgan fingerprint density at radius 3 is 1.06 bits per heavy atom. The molecule has 33 heavy (non-hydrogen) atoms. The standard InChI is InChI=1S/C28H24S5/c1-3-7-19-17(5-1)15-27(29-19)25-13-11-23(32-25)21-9-10-22(31-21)24-12-14-26(33-24)28-16-18-6-2-4-8-20(18)30-28/h9-16H,1-8H2. The number of aryl methyl sites for hydroxylation is 4. The first-order chi connectivity index (χ1) is 16.3. The highest BCUT2D eigenvalue weighted by atomic mass is 32.1. The molecule has 166 valence electrons. The monoisotopic (exact) mass is 520 g/mol. The fourth-order valence-corrected chi connectivity index (χ4v) is 10.9. The number of fused-ring (bicyclic) bond motifs is 2. The summed E-state index contributed by atoms with van der Waals surface area (Å²) in [6.07, 6.45) is 10.5. The van der Waals surface area contributed by atoms with E-state index in [-0.39, 0.29) is 0 Å². The van der Waals surface area contributed by atoms with Gasteiger partial charge in [-0.2, -0.15) is 0 Å². The van der Waals surface area contributed by atoms with Crippen molar-refractivity contribution in [3.8, 4) is 39.0 Å². The molecule has 0 aromatic carbocycles. The van der Waals surface area contributed by atoms with Crippen LogP contribution in [0, 0.1) is 0 Å². The molecule has 0 atom stereocenters. The van der Waals surface area contributed by atoms with Gasteiger partial charge in [0.2, 0.25) is 0 Å². The van der Waals surface area contributed by atoms with Crippen molar-refractivity contribution < 1.29 is 0 Å². The highest BCUT2D eigenvalue weighted by Crippen LogP contribution is 2.46. The van der Waals surface area contributed by atoms with E-state index in [2.05, 4.69) is 48.5 Å². The molecule has 5 heteroatoms. The zero-order valence-corrected chi connectivity index (χ0v) is 22.4. The first-order valence-corrected chi connectivity index (χ1v) is 15.9. The average molecular weight is 521 g/mol. The first kappa shape index (κ1) is 20.8. The summed E-state index contributed by atoms with van der Waals surface area (Å²) in [5.74, 6) is 0. The van der Waals surface area contributed by atoms with Crippen LogP contribution < -0.4 is 0 Å². The predicted octanol–water partition coefficient (Wildman–Crippen LogP) is 10.4. The average Bonchev–Trinajstić information content (AvgIpc) is 3.66. The molecule has 7 rings (SSSR count). The molecule has 0 spiro atoms. The van der Waals surface area contributed by atoms with E-state index in [0.717, 1.165) is 0 Å². The van der Waals surface area contributed by atoms with Gasteiger partial charge in [-0.25, -0.2) is 0 Å². The molecular formula is C28H24S5. The third kappa shape index (κ3) is 3.92. The molecule has 0 saturated heterocycles. The lowest BCUT2D eigenvalue weighted by Gasteiger charge is -2.08. The molecule has 0 radical (unpaired) electrons. The van der Waals surface area contributed by atoms with Gasteiger partial charge >= 0.3 is 0 Å². The first-order valence-electron chi connectivity index (χ1n) is 11.8. The predicted molar refractivity (Wildman–Crippen MR) is 151 cm³/mol. The van der Waals surface area contributed by atoms with Crippen molar-refractivity contribution in [1.29, 1.82) is 0 Å². The van der Waals surface area contributed by atoms with E-state index in [1.807, 2.05) is 56.7 Å². The zero-order valence-electron chi connectivity index (χ0n) is 18.3. The Kier molecular flexibility index (Phi) is 5.44. The second-order valence-electron chi connectivity index (χ2n) is 9.02. The Hall–Kier alpha value is -1.50. The van der Waals surface area contributed by atoms with Crippen molar-refractivity contribution in [1.82, 2.24) is 0 Å². The quantitative estimate of drug-likeness (QED) is 0.221. The Balaban J connectivity index is 1.14. The summed E-state index contributed by atoms with van der Waals surface area (Å²) in [5, 5.41) is 0. The second kappa shape index (κ2) is 8.62. The van der Waals surface area contributed by atoms with Gasteiger partial charge in [0, 0.05) is 48.8 Å². The van der Waals surface area contributed by atoms with Crippen molar-refractivity contribution in [3.63, 3.8) is 0 Å². The molecule has 0 saturated carbocycles. The largest absolute Gasteiger partial charge is 0.139 e. The third-order valence-corrected chi connectivity index (χ3v) is 13.3. The molecule has 2 aliphatic carbocycles. The normalized spacial score (nSPS) is 15.5. The molecule has 0 unspecified atom stereocenters. The van der Waals surface area contributed by atoms with E-state index in [1.165, 1.54) is 90.4 Å². The van der Waals surface area contributed by atoms with E-state index < -0.39 is 0 Å². The Labute approximate surface area is 215 Å². The van der Waals surface area contributed by atoms with Crippen LogP contribution in [0.3, 0.4) is 0 Å². The lowest BCUT2D eigenvalue weighted by molar-refractivity contribution is 0.697. The van der Waals surface area contributed by atoms with Crippen molar-refractivity contribution in [2.45, 2.75) is 51.4 Å². The maximum atomic E-state index is 2.46. The lowest BCUT2D eigenvalue weighted by atomic mass is 9.99. The molecule has 0 N–H and O–H groups in total. The molecule has 2 aliphatic rings. The van der Waals surface area contributed by atoms with Gasteiger partial charge in [0.15, 0.2) is 0 Å². The molecule has 0 amide bonds. The minimum Gasteiger partial charge on any atom is -0.139 e. The minimum absolute atomic E-state index is 1.27. The van der Waals surface area contributed by atoms with Gasteiger partial charge in [0.25, 0.3) is 0 Å². The van der Waals surface area contributed by atoms with Crippen molar-refractivity contribution >= 4 is 56.7 Å². The Morgan fingerprint density at radius 2 is 0.697 bits per heavy atom. The van der Waals surface area contributed by atoms with E-state index in [9.17, 15) is 0 Å². The maximum absolute atomic E-state index is 2.46. The van der Waals surface area contributed by atoms with Gasteiger partial charge in [-0.15, -0.1) is 56.7 Å². The van der Waals surface area contributed by atoms with Crippen LogP contribution in [0.4, 0.5) is 0 Å². The maximum Gasteiger partial charge on any atom is 0.0449 e. The van der Waals surface area contributed by atoms with E-state index in [0.29, 0.717) is 0 Å². The van der Waals surface area contributed by atoms with Gasteiger partial charge in [-0.05, 0) is 111 Å². The van der Waals surface area contributed by atoms with Crippen LogP contribution in [0.15, 0.2) is 48.5 Å². The number of thiophene rings is 5. The molecule has 0 aliphatic heterocycles. The van der Waals surface area contributed by atoms with E-state index in [4.69, 9.17) is 0 Å². The molecule has 5 aromatic rings. The summed E-state index contributed by atoms with van der Waals surface area (Å²) < 4.78 is 0. The number of rotatable bonds is 4. The van der Waals surface area contributed by atoms with Gasteiger partial charge < -0.3 is 0 Å². The summed E-state index contributed by atoms with van der Waals surface area (Å²) in [4.78, 5) is 14.6. The highest BCUT2D eigenvalue weighted by Gasteiger charge is 2.18. The molecule has 0 nitrogen and oxygen atoms in total. The zero-order chi connectivity index (χ0) is 21.8. The molecule has 5 heterocycles. The topological polar surface area (TPSA) is 0 Å². The summed E-state index contributed by atoms with van der Waals surface area (Å²) >= 11 is 9.90. The van der Waals surface area contributed by atoms with Gasteiger partial charge in [-0.1, -0.05) is 0 Å². The van der Waals surface area contributed by atoms with E-state index in [1.54, 1.807) is 20.9 Å². The fourth-order valence-electron chi connectivity index (χ4n) is 5.03. The summed E-state index contributed by atoms with van der Waals surface area (Å²) in [6, 6.07) is 18.9. The number of hydrogen-bond donors (Lipinski definition) is 0. The summed E-state index contributed by atoms with van der Waals surface area (Å²) in [5.41, 5.74) is 3.21. The highest BCUT2D eigenvalue weighted by molar-refractivity contribution is 7.29. The van der Waals surface area contributed by atoms with Crippen LogP contribution >= 0.6 is 56.7 Å². The summed E-state index contributed by atoms with van der Waals surface area (Å²) in [6.45, 7) is 0. The van der Waals surface area contributed by atoms with Gasteiger partial charge in [0.05, 0.1) is 0 Å². The lowest BCUT2D eigenvalue weighted by Crippen LogP contribution is -1.96. The summed E-state index contributed by atoms with van der Waals surface area (Å²) in [7, 11) is 0. The van der Waals surface area contributed by atoms with Crippen molar-refractivity contribution in [2.75, 3.05) is 0 Å². The van der Waals surface area contributed by atoms with Crippen LogP contribution in [0.1, 0.15) is 46.6 Å². The SMILES string of the molecule is c1cc(-c2ccc(-c3cc4c(s3)CCCC4)s2)sc1-c1ccc(-c2cc3c(s2)CCCC3)s1. The van der Waals surface area contributed by atoms with E-state index >= 15 is 0 Å². The van der Waals surface area contributed by atoms with Crippen molar-refractivity contribution in [3.05, 3.63) is 69.4 Å². The van der Waals surface area contributed by atoms with Crippen LogP contribution in [0.25, 0.3) is 39.0 Å². The smallest absolute Gasteiger partial charge is 0.0449 e. The van der Waals surface area contributed by atoms with Crippen molar-refractivity contribution in [2.24, 2.45) is 0 Å². The molecule has 0 fully saturated rings. The van der Waals surface area contributed by atoms with Gasteiger partial charge in [-0.3, -0.25) is 0 Å². The van der Waals surface area contributed by atoms with Crippen LogP contribution in [-0.2, 0) is 25.7 Å². The Bertz CT molecular complexity index is 1280. The minimum atomic E-state index is 1.27.